The SMILES string of the molecule is C#C.O=C1CCC(c2ccc(Cl)c(Cl)c2)c2ccccc21. The fourth-order valence-corrected chi connectivity index (χ4v) is 3.00. The highest BCUT2D eigenvalue weighted by Gasteiger charge is 2.26. The van der Waals surface area contributed by atoms with E-state index in [1.54, 1.807) is 0 Å². The zero-order valence-electron chi connectivity index (χ0n) is 11.4. The maximum atomic E-state index is 11.9. The lowest BCUT2D eigenvalue weighted by Crippen LogP contribution is -2.16. The van der Waals surface area contributed by atoms with Crippen LogP contribution in [0.25, 0.3) is 0 Å². The number of carbonyl (C=O) groups excluding carboxylic acids is 1. The van der Waals surface area contributed by atoms with Crippen LogP contribution in [0, 0.1) is 12.8 Å². The minimum Gasteiger partial charge on any atom is -0.294 e. The van der Waals surface area contributed by atoms with Crippen molar-refractivity contribution < 1.29 is 4.79 Å². The zero-order valence-corrected chi connectivity index (χ0v) is 12.9. The van der Waals surface area contributed by atoms with Crippen LogP contribution in [0.2, 0.25) is 10.0 Å². The molecule has 2 aromatic carbocycles. The number of hydrogen-bond acceptors (Lipinski definition) is 1. The van der Waals surface area contributed by atoms with Crippen molar-refractivity contribution in [2.45, 2.75) is 18.8 Å². The molecule has 1 nitrogen and oxygen atoms in total. The Morgan fingerprint density at radius 3 is 2.43 bits per heavy atom. The highest BCUT2D eigenvalue weighted by molar-refractivity contribution is 6.42. The number of carbonyl (C=O) groups is 1. The average Bonchev–Trinajstić information content (AvgIpc) is 2.53. The molecule has 2 aromatic rings. The molecule has 1 aliphatic carbocycles. The molecule has 0 aromatic heterocycles. The van der Waals surface area contributed by atoms with Crippen molar-refractivity contribution in [3.8, 4) is 12.8 Å². The van der Waals surface area contributed by atoms with Gasteiger partial charge in [0.15, 0.2) is 5.78 Å². The monoisotopic (exact) mass is 316 g/mol. The number of ketones is 1. The zero-order chi connectivity index (χ0) is 15.4. The van der Waals surface area contributed by atoms with E-state index < -0.39 is 0 Å². The lowest BCUT2D eigenvalue weighted by atomic mass is 9.78. The Bertz CT molecular complexity index is 689. The molecular formula is C18H14Cl2O. The first kappa shape index (κ1) is 15.6. The molecule has 0 bridgehead atoms. The standard InChI is InChI=1S/C16H12Cl2O.C2H2/c17-14-7-5-10(9-15(14)18)11-6-8-16(19)13-4-2-1-3-12(11)13;1-2/h1-5,7,9,11H,6,8H2;1-2H. The summed E-state index contributed by atoms with van der Waals surface area (Å²) in [6.45, 7) is 0. The fourth-order valence-electron chi connectivity index (χ4n) is 2.70. The Balaban J connectivity index is 0.000000774. The number of fused-ring (bicyclic) bond motifs is 1. The van der Waals surface area contributed by atoms with Crippen LogP contribution < -0.4 is 0 Å². The van der Waals surface area contributed by atoms with Crippen LogP contribution in [0.4, 0.5) is 0 Å². The first-order valence-corrected chi connectivity index (χ1v) is 7.33. The van der Waals surface area contributed by atoms with Crippen molar-refractivity contribution in [3.05, 3.63) is 69.2 Å². The fraction of sp³-hybridized carbons (Fsp3) is 0.167. The number of halogens is 2. The second kappa shape index (κ2) is 6.80. The molecule has 21 heavy (non-hydrogen) atoms. The molecule has 0 saturated heterocycles. The van der Waals surface area contributed by atoms with Gasteiger partial charge in [0, 0.05) is 17.9 Å². The Labute approximate surface area is 134 Å². The molecule has 0 heterocycles. The average molecular weight is 317 g/mol. The summed E-state index contributed by atoms with van der Waals surface area (Å²) in [6, 6.07) is 13.5. The molecule has 106 valence electrons. The largest absolute Gasteiger partial charge is 0.294 e. The molecule has 0 amide bonds. The van der Waals surface area contributed by atoms with Crippen LogP contribution in [0.1, 0.15) is 40.2 Å². The maximum absolute atomic E-state index is 11.9. The summed E-state index contributed by atoms with van der Waals surface area (Å²) >= 11 is 12.0. The Hall–Kier alpha value is -1.75. The van der Waals surface area contributed by atoms with Gasteiger partial charge in [-0.3, -0.25) is 4.79 Å². The van der Waals surface area contributed by atoms with Crippen LogP contribution in [0.5, 0.6) is 0 Å². The van der Waals surface area contributed by atoms with Gasteiger partial charge >= 0.3 is 0 Å². The quantitative estimate of drug-likeness (QED) is 0.648. The number of benzene rings is 2. The van der Waals surface area contributed by atoms with E-state index in [1.807, 2.05) is 42.5 Å². The minimum absolute atomic E-state index is 0.226. The highest BCUT2D eigenvalue weighted by Crippen LogP contribution is 2.38. The third kappa shape index (κ3) is 3.13. The minimum atomic E-state index is 0.226. The van der Waals surface area contributed by atoms with Crippen molar-refractivity contribution in [3.63, 3.8) is 0 Å². The van der Waals surface area contributed by atoms with Gasteiger partial charge in [0.25, 0.3) is 0 Å². The smallest absolute Gasteiger partial charge is 0.163 e. The van der Waals surface area contributed by atoms with E-state index in [1.165, 1.54) is 0 Å². The number of Topliss-reactive ketones (excluding diaryl/α,β-unsaturated/α-hetero) is 1. The van der Waals surface area contributed by atoms with Crippen LogP contribution in [0.3, 0.4) is 0 Å². The van der Waals surface area contributed by atoms with E-state index >= 15 is 0 Å². The summed E-state index contributed by atoms with van der Waals surface area (Å²) in [5.74, 6) is 0.454. The molecule has 0 saturated carbocycles. The van der Waals surface area contributed by atoms with E-state index in [4.69, 9.17) is 23.2 Å². The van der Waals surface area contributed by atoms with Crippen molar-refractivity contribution in [2.75, 3.05) is 0 Å². The summed E-state index contributed by atoms with van der Waals surface area (Å²) in [5.41, 5.74) is 3.05. The molecule has 1 aliphatic rings. The Morgan fingerprint density at radius 2 is 1.71 bits per heavy atom. The summed E-state index contributed by atoms with van der Waals surface area (Å²) in [6.07, 6.45) is 9.41. The molecule has 3 rings (SSSR count). The van der Waals surface area contributed by atoms with Gasteiger partial charge in [-0.05, 0) is 29.7 Å². The molecule has 1 atom stereocenters. The predicted octanol–water partition coefficient (Wildman–Crippen LogP) is 5.35. The number of rotatable bonds is 1. The molecule has 0 N–H and O–H groups in total. The van der Waals surface area contributed by atoms with Crippen molar-refractivity contribution >= 4 is 29.0 Å². The normalized spacial score (nSPS) is 16.6. The van der Waals surface area contributed by atoms with Gasteiger partial charge in [0.2, 0.25) is 0 Å². The summed E-state index contributed by atoms with van der Waals surface area (Å²) < 4.78 is 0. The van der Waals surface area contributed by atoms with Crippen LogP contribution in [-0.2, 0) is 0 Å². The van der Waals surface area contributed by atoms with Gasteiger partial charge in [0.1, 0.15) is 0 Å². The first-order valence-electron chi connectivity index (χ1n) is 6.57. The van der Waals surface area contributed by atoms with E-state index in [-0.39, 0.29) is 11.7 Å². The molecule has 0 spiro atoms. The molecule has 3 heteroatoms. The summed E-state index contributed by atoms with van der Waals surface area (Å²) in [5, 5.41) is 1.12. The lowest BCUT2D eigenvalue weighted by Gasteiger charge is -2.25. The molecule has 0 radical (unpaired) electrons. The van der Waals surface area contributed by atoms with Crippen molar-refractivity contribution in [1.29, 1.82) is 0 Å². The second-order valence-electron chi connectivity index (χ2n) is 4.78. The number of hydrogen-bond donors (Lipinski definition) is 0. The van der Waals surface area contributed by atoms with Crippen molar-refractivity contribution in [1.82, 2.24) is 0 Å². The van der Waals surface area contributed by atoms with E-state index in [0.29, 0.717) is 16.5 Å². The van der Waals surface area contributed by atoms with E-state index in [0.717, 1.165) is 23.1 Å². The molecule has 0 aliphatic heterocycles. The van der Waals surface area contributed by atoms with Gasteiger partial charge < -0.3 is 0 Å². The van der Waals surface area contributed by atoms with Crippen molar-refractivity contribution in [2.24, 2.45) is 0 Å². The molecule has 0 fully saturated rings. The third-order valence-electron chi connectivity index (χ3n) is 3.64. The summed E-state index contributed by atoms with van der Waals surface area (Å²) in [7, 11) is 0. The Morgan fingerprint density at radius 1 is 1.00 bits per heavy atom. The van der Waals surface area contributed by atoms with Gasteiger partial charge in [-0.1, -0.05) is 53.5 Å². The van der Waals surface area contributed by atoms with Crippen LogP contribution in [-0.4, -0.2) is 5.78 Å². The van der Waals surface area contributed by atoms with E-state index in [2.05, 4.69) is 12.8 Å². The topological polar surface area (TPSA) is 17.1 Å². The second-order valence-corrected chi connectivity index (χ2v) is 5.59. The Kier molecular flexibility index (Phi) is 5.07. The van der Waals surface area contributed by atoms with Gasteiger partial charge in [-0.2, -0.15) is 0 Å². The first-order chi connectivity index (χ1) is 10.2. The van der Waals surface area contributed by atoms with Gasteiger partial charge in [0.05, 0.1) is 10.0 Å². The molecule has 1 unspecified atom stereocenters. The van der Waals surface area contributed by atoms with Crippen LogP contribution in [0.15, 0.2) is 42.5 Å². The third-order valence-corrected chi connectivity index (χ3v) is 4.38. The van der Waals surface area contributed by atoms with Gasteiger partial charge in [-0.25, -0.2) is 0 Å². The predicted molar refractivity (Wildman–Crippen MR) is 88.2 cm³/mol. The van der Waals surface area contributed by atoms with Crippen LogP contribution >= 0.6 is 23.2 Å². The number of terminal acetylenes is 1. The van der Waals surface area contributed by atoms with E-state index in [9.17, 15) is 4.79 Å². The maximum Gasteiger partial charge on any atom is 0.163 e. The highest BCUT2D eigenvalue weighted by atomic mass is 35.5. The lowest BCUT2D eigenvalue weighted by molar-refractivity contribution is 0.0969. The molecular weight excluding hydrogens is 303 g/mol. The van der Waals surface area contributed by atoms with Gasteiger partial charge in [-0.15, -0.1) is 12.8 Å². The summed E-state index contributed by atoms with van der Waals surface area (Å²) in [4.78, 5) is 11.9.